The van der Waals surface area contributed by atoms with Crippen molar-refractivity contribution in [3.8, 4) is 28.4 Å². The lowest BCUT2D eigenvalue weighted by Crippen LogP contribution is -2.35. The van der Waals surface area contributed by atoms with Crippen LogP contribution in [0.4, 0.5) is 13.2 Å². The molecule has 1 N–H and O–H groups in total. The monoisotopic (exact) mass is 479 g/mol. The zero-order valence-electron chi connectivity index (χ0n) is 18.4. The first-order valence-corrected chi connectivity index (χ1v) is 10.9. The van der Waals surface area contributed by atoms with Gasteiger partial charge in [0, 0.05) is 55.8 Å². The van der Waals surface area contributed by atoms with E-state index in [0.717, 1.165) is 23.4 Å². The van der Waals surface area contributed by atoms with E-state index < -0.39 is 6.36 Å². The highest BCUT2D eigenvalue weighted by molar-refractivity contribution is 5.61. The predicted molar refractivity (Wildman–Crippen MR) is 122 cm³/mol. The van der Waals surface area contributed by atoms with E-state index in [0.29, 0.717) is 42.2 Å². The molecular weight excluding hydrogens is 459 g/mol. The summed E-state index contributed by atoms with van der Waals surface area (Å²) in [6.07, 6.45) is 0.912. The summed E-state index contributed by atoms with van der Waals surface area (Å²) >= 11 is 0. The maximum Gasteiger partial charge on any atom is 0.573 e. The SMILES string of the molecule is O=c1[nH]c(-c2cccnc2)nc2c1CN(Cc1ccc(-c3cccc(OC(F)(F)F)c3)nc1)CC2. The molecule has 0 aliphatic carbocycles. The third kappa shape index (κ3) is 5.38. The smallest absolute Gasteiger partial charge is 0.406 e. The molecule has 10 heteroatoms. The molecule has 5 rings (SSSR count). The molecule has 3 aromatic heterocycles. The predicted octanol–water partition coefficient (Wildman–Crippen LogP) is 4.35. The van der Waals surface area contributed by atoms with Gasteiger partial charge in [0.1, 0.15) is 11.6 Å². The van der Waals surface area contributed by atoms with Gasteiger partial charge < -0.3 is 9.72 Å². The number of pyridine rings is 2. The number of benzene rings is 1. The molecule has 0 saturated heterocycles. The molecule has 178 valence electrons. The van der Waals surface area contributed by atoms with E-state index in [4.69, 9.17) is 0 Å². The molecule has 4 aromatic rings. The fraction of sp³-hybridized carbons (Fsp3) is 0.200. The minimum atomic E-state index is -4.75. The first-order chi connectivity index (χ1) is 16.8. The summed E-state index contributed by atoms with van der Waals surface area (Å²) in [7, 11) is 0. The van der Waals surface area contributed by atoms with Crippen LogP contribution in [0.1, 0.15) is 16.8 Å². The highest BCUT2D eigenvalue weighted by atomic mass is 19.4. The van der Waals surface area contributed by atoms with Gasteiger partial charge in [0.05, 0.1) is 17.0 Å². The molecule has 0 bridgehead atoms. The molecule has 0 spiro atoms. The van der Waals surface area contributed by atoms with Crippen molar-refractivity contribution in [2.45, 2.75) is 25.9 Å². The Labute approximate surface area is 198 Å². The number of aromatic amines is 1. The van der Waals surface area contributed by atoms with Crippen molar-refractivity contribution in [3.05, 3.63) is 94.3 Å². The number of ether oxygens (including phenoxy) is 1. The number of fused-ring (bicyclic) bond motifs is 1. The molecule has 0 fully saturated rings. The Morgan fingerprint density at radius 1 is 1.06 bits per heavy atom. The first-order valence-electron chi connectivity index (χ1n) is 10.9. The van der Waals surface area contributed by atoms with E-state index in [2.05, 4.69) is 29.6 Å². The molecular formula is C25H20F3N5O2. The molecule has 7 nitrogen and oxygen atoms in total. The van der Waals surface area contributed by atoms with Crippen LogP contribution in [-0.4, -0.2) is 37.7 Å². The maximum absolute atomic E-state index is 12.7. The Hall–Kier alpha value is -4.05. The number of nitrogens with zero attached hydrogens (tertiary/aromatic N) is 4. The fourth-order valence-corrected chi connectivity index (χ4v) is 4.05. The topological polar surface area (TPSA) is 84.0 Å². The van der Waals surface area contributed by atoms with E-state index >= 15 is 0 Å². The minimum Gasteiger partial charge on any atom is -0.406 e. The van der Waals surface area contributed by atoms with Crippen molar-refractivity contribution < 1.29 is 17.9 Å². The van der Waals surface area contributed by atoms with Gasteiger partial charge >= 0.3 is 6.36 Å². The number of hydrogen-bond donors (Lipinski definition) is 1. The van der Waals surface area contributed by atoms with Crippen LogP contribution >= 0.6 is 0 Å². The number of rotatable bonds is 5. The average Bonchev–Trinajstić information content (AvgIpc) is 2.84. The van der Waals surface area contributed by atoms with Crippen LogP contribution in [0, 0.1) is 0 Å². The quantitative estimate of drug-likeness (QED) is 0.458. The summed E-state index contributed by atoms with van der Waals surface area (Å²) in [5, 5.41) is 0. The summed E-state index contributed by atoms with van der Waals surface area (Å²) < 4.78 is 41.5. The molecule has 0 amide bonds. The Morgan fingerprint density at radius 2 is 1.91 bits per heavy atom. The maximum atomic E-state index is 12.7. The Morgan fingerprint density at radius 3 is 2.66 bits per heavy atom. The largest absolute Gasteiger partial charge is 0.573 e. The molecule has 1 aliphatic heterocycles. The van der Waals surface area contributed by atoms with Gasteiger partial charge in [-0.05, 0) is 35.9 Å². The van der Waals surface area contributed by atoms with Crippen molar-refractivity contribution in [2.75, 3.05) is 6.54 Å². The van der Waals surface area contributed by atoms with Crippen LogP contribution in [0.2, 0.25) is 0 Å². The molecule has 0 radical (unpaired) electrons. The number of H-pyrrole nitrogens is 1. The summed E-state index contributed by atoms with van der Waals surface area (Å²) in [6, 6.07) is 13.0. The highest BCUT2D eigenvalue weighted by Gasteiger charge is 2.31. The van der Waals surface area contributed by atoms with Gasteiger partial charge in [-0.1, -0.05) is 18.2 Å². The van der Waals surface area contributed by atoms with E-state index in [-0.39, 0.29) is 11.3 Å². The molecule has 35 heavy (non-hydrogen) atoms. The molecule has 0 saturated carbocycles. The van der Waals surface area contributed by atoms with Crippen LogP contribution in [-0.2, 0) is 19.5 Å². The Kier molecular flexibility index (Phi) is 6.04. The second kappa shape index (κ2) is 9.30. The second-order valence-corrected chi connectivity index (χ2v) is 8.17. The van der Waals surface area contributed by atoms with Gasteiger partial charge in [0.2, 0.25) is 0 Å². The average molecular weight is 479 g/mol. The third-order valence-electron chi connectivity index (χ3n) is 5.68. The van der Waals surface area contributed by atoms with Crippen LogP contribution in [0.3, 0.4) is 0 Å². The van der Waals surface area contributed by atoms with Crippen LogP contribution in [0.25, 0.3) is 22.6 Å². The number of hydrogen-bond acceptors (Lipinski definition) is 6. The van der Waals surface area contributed by atoms with Crippen LogP contribution in [0.5, 0.6) is 5.75 Å². The van der Waals surface area contributed by atoms with Gasteiger partial charge in [0.15, 0.2) is 0 Å². The number of aromatic nitrogens is 4. The highest BCUT2D eigenvalue weighted by Crippen LogP contribution is 2.27. The Bertz CT molecular complexity index is 1390. The zero-order chi connectivity index (χ0) is 24.4. The zero-order valence-corrected chi connectivity index (χ0v) is 18.4. The van der Waals surface area contributed by atoms with E-state index in [1.54, 1.807) is 36.8 Å². The van der Waals surface area contributed by atoms with Gasteiger partial charge in [0.25, 0.3) is 5.56 Å². The van der Waals surface area contributed by atoms with Crippen LogP contribution < -0.4 is 10.3 Å². The first kappa shape index (κ1) is 22.7. The second-order valence-electron chi connectivity index (χ2n) is 8.17. The third-order valence-corrected chi connectivity index (χ3v) is 5.68. The standard InChI is InChI=1S/C25H20F3N5O2/c26-25(27,28)35-19-5-1-3-17(11-19)21-7-6-16(12-30-21)14-33-10-8-22-20(15-33)24(34)32-23(31-22)18-4-2-9-29-13-18/h1-7,9,11-13H,8,10,14-15H2,(H,31,32,34). The lowest BCUT2D eigenvalue weighted by molar-refractivity contribution is -0.274. The van der Waals surface area contributed by atoms with Crippen molar-refractivity contribution in [1.82, 2.24) is 24.8 Å². The van der Waals surface area contributed by atoms with Gasteiger partial charge in [-0.2, -0.15) is 0 Å². The summed E-state index contributed by atoms with van der Waals surface area (Å²) in [4.78, 5) is 30.9. The summed E-state index contributed by atoms with van der Waals surface area (Å²) in [6.45, 7) is 1.77. The fourth-order valence-electron chi connectivity index (χ4n) is 4.05. The minimum absolute atomic E-state index is 0.159. The van der Waals surface area contributed by atoms with Crippen LogP contribution in [0.15, 0.2) is 71.9 Å². The van der Waals surface area contributed by atoms with E-state index in [1.807, 2.05) is 12.1 Å². The van der Waals surface area contributed by atoms with Gasteiger partial charge in [-0.15, -0.1) is 13.2 Å². The normalized spacial score (nSPS) is 13.9. The van der Waals surface area contributed by atoms with Gasteiger partial charge in [-0.3, -0.25) is 19.7 Å². The number of alkyl halides is 3. The van der Waals surface area contributed by atoms with Crippen molar-refractivity contribution in [1.29, 1.82) is 0 Å². The molecule has 0 unspecified atom stereocenters. The number of halogens is 3. The lowest BCUT2D eigenvalue weighted by atomic mass is 10.1. The molecule has 1 aromatic carbocycles. The van der Waals surface area contributed by atoms with E-state index in [9.17, 15) is 18.0 Å². The van der Waals surface area contributed by atoms with Crippen molar-refractivity contribution in [2.24, 2.45) is 0 Å². The van der Waals surface area contributed by atoms with Crippen molar-refractivity contribution >= 4 is 0 Å². The summed E-state index contributed by atoms with van der Waals surface area (Å²) in [5.41, 5.74) is 4.02. The summed E-state index contributed by atoms with van der Waals surface area (Å²) in [5.74, 6) is 0.221. The molecule has 0 atom stereocenters. The number of nitrogens with one attached hydrogen (secondary N) is 1. The van der Waals surface area contributed by atoms with E-state index in [1.165, 1.54) is 18.2 Å². The molecule has 4 heterocycles. The van der Waals surface area contributed by atoms with Crippen molar-refractivity contribution in [3.63, 3.8) is 0 Å². The Balaban J connectivity index is 1.28. The molecule has 1 aliphatic rings. The lowest BCUT2D eigenvalue weighted by Gasteiger charge is -2.27. The van der Waals surface area contributed by atoms with Gasteiger partial charge in [-0.25, -0.2) is 4.98 Å².